The number of nitrogens with zero attached hydrogens (tertiary/aromatic N) is 3. The maximum absolute atomic E-state index is 5.66. The smallest absolute Gasteiger partial charge is 0.136 e. The third-order valence-electron chi connectivity index (χ3n) is 1.71. The van der Waals surface area contributed by atoms with Crippen LogP contribution >= 0.6 is 0 Å². The quantitative estimate of drug-likeness (QED) is 0.516. The lowest BCUT2D eigenvalue weighted by atomic mass is 10.2. The average Bonchev–Trinajstić information content (AvgIpc) is 2.35. The van der Waals surface area contributed by atoms with Crippen molar-refractivity contribution >= 4 is 6.21 Å². The fourth-order valence-corrected chi connectivity index (χ4v) is 1.09. The molecule has 0 aromatic carbocycles. The molecule has 5 nitrogen and oxygen atoms in total. The van der Waals surface area contributed by atoms with Crippen LogP contribution in [0, 0.1) is 0 Å². The van der Waals surface area contributed by atoms with Crippen LogP contribution in [0.15, 0.2) is 11.4 Å². The summed E-state index contributed by atoms with van der Waals surface area (Å²) in [6, 6.07) is 0. The molecule has 0 fully saturated rings. The van der Waals surface area contributed by atoms with Gasteiger partial charge in [-0.2, -0.15) is 5.10 Å². The molecule has 11 heavy (non-hydrogen) atoms. The molecule has 2 heterocycles. The van der Waals surface area contributed by atoms with Crippen molar-refractivity contribution in [1.29, 1.82) is 0 Å². The van der Waals surface area contributed by atoms with E-state index >= 15 is 0 Å². The summed E-state index contributed by atoms with van der Waals surface area (Å²) < 4.78 is 1.89. The van der Waals surface area contributed by atoms with Crippen LogP contribution in [-0.4, -0.2) is 15.8 Å². The van der Waals surface area contributed by atoms with Crippen molar-refractivity contribution in [2.24, 2.45) is 17.9 Å². The zero-order chi connectivity index (χ0) is 7.84. The van der Waals surface area contributed by atoms with Crippen LogP contribution in [0.1, 0.15) is 17.6 Å². The van der Waals surface area contributed by atoms with Crippen LogP contribution in [0.4, 0.5) is 0 Å². The first-order chi connectivity index (χ1) is 5.29. The minimum atomic E-state index is -0.267. The van der Waals surface area contributed by atoms with Gasteiger partial charge >= 0.3 is 0 Å². The molecule has 1 aromatic heterocycles. The van der Waals surface area contributed by atoms with Gasteiger partial charge in [0.05, 0.1) is 18.2 Å². The minimum absolute atomic E-state index is 0.267. The summed E-state index contributed by atoms with van der Waals surface area (Å²) in [5.74, 6) is 0. The average molecular weight is 151 g/mol. The fraction of sp³-hybridized carbons (Fsp3) is 0.333. The zero-order valence-corrected chi connectivity index (χ0v) is 6.15. The van der Waals surface area contributed by atoms with Crippen LogP contribution in [0.3, 0.4) is 0 Å². The maximum atomic E-state index is 5.66. The van der Waals surface area contributed by atoms with E-state index in [1.165, 1.54) is 0 Å². The molecule has 1 unspecified atom stereocenters. The Kier molecular flexibility index (Phi) is 1.19. The molecule has 1 atom stereocenters. The molecule has 58 valence electrons. The second-order valence-electron chi connectivity index (χ2n) is 2.49. The van der Waals surface area contributed by atoms with Crippen LogP contribution in [-0.2, 0) is 7.05 Å². The monoisotopic (exact) mass is 151 g/mol. The third-order valence-corrected chi connectivity index (χ3v) is 1.71. The van der Waals surface area contributed by atoms with Crippen molar-refractivity contribution in [2.45, 2.75) is 6.17 Å². The molecule has 1 aliphatic rings. The van der Waals surface area contributed by atoms with E-state index in [1.54, 1.807) is 12.5 Å². The lowest BCUT2D eigenvalue weighted by molar-refractivity contribution is 0.558. The van der Waals surface area contributed by atoms with Gasteiger partial charge in [-0.15, -0.1) is 0 Å². The van der Waals surface area contributed by atoms with E-state index < -0.39 is 0 Å². The highest BCUT2D eigenvalue weighted by Crippen LogP contribution is 2.12. The summed E-state index contributed by atoms with van der Waals surface area (Å²) in [6.07, 6.45) is 3.17. The Bertz CT molecular complexity index is 300. The van der Waals surface area contributed by atoms with E-state index in [4.69, 9.17) is 5.73 Å². The molecule has 0 saturated heterocycles. The van der Waals surface area contributed by atoms with Gasteiger partial charge in [-0.3, -0.25) is 5.43 Å². The number of nitrogens with one attached hydrogen (secondary N) is 1. The third kappa shape index (κ3) is 0.813. The van der Waals surface area contributed by atoms with Crippen LogP contribution in [0.2, 0.25) is 0 Å². The molecular formula is C6H9N5. The first-order valence-corrected chi connectivity index (χ1v) is 3.34. The van der Waals surface area contributed by atoms with Gasteiger partial charge in [0.15, 0.2) is 0 Å². The summed E-state index contributed by atoms with van der Waals surface area (Å²) in [6.45, 7) is 0. The van der Waals surface area contributed by atoms with Crippen LogP contribution in [0.25, 0.3) is 0 Å². The maximum Gasteiger partial charge on any atom is 0.136 e. The van der Waals surface area contributed by atoms with E-state index in [0.717, 1.165) is 11.4 Å². The largest absolute Gasteiger partial charge is 0.333 e. The number of imidazole rings is 1. The van der Waals surface area contributed by atoms with E-state index in [-0.39, 0.29) is 6.17 Å². The Morgan fingerprint density at radius 3 is 3.27 bits per heavy atom. The molecule has 0 radical (unpaired) electrons. The molecule has 1 aromatic rings. The Morgan fingerprint density at radius 1 is 1.73 bits per heavy atom. The number of aromatic nitrogens is 2. The molecule has 0 aliphatic carbocycles. The van der Waals surface area contributed by atoms with Gasteiger partial charge in [0.2, 0.25) is 0 Å². The lowest BCUT2D eigenvalue weighted by Crippen LogP contribution is -2.29. The zero-order valence-electron chi connectivity index (χ0n) is 6.15. The highest BCUT2D eigenvalue weighted by molar-refractivity contribution is 5.79. The van der Waals surface area contributed by atoms with Crippen molar-refractivity contribution in [1.82, 2.24) is 15.0 Å². The van der Waals surface area contributed by atoms with E-state index in [9.17, 15) is 0 Å². The van der Waals surface area contributed by atoms with Gasteiger partial charge in [0.25, 0.3) is 0 Å². The van der Waals surface area contributed by atoms with Gasteiger partial charge in [-0.05, 0) is 0 Å². The fourth-order valence-electron chi connectivity index (χ4n) is 1.09. The minimum Gasteiger partial charge on any atom is -0.333 e. The van der Waals surface area contributed by atoms with Crippen molar-refractivity contribution in [3.63, 3.8) is 0 Å². The highest BCUT2D eigenvalue weighted by atomic mass is 15.4. The predicted octanol–water partition coefficient (Wildman–Crippen LogP) is -0.686. The second-order valence-corrected chi connectivity index (χ2v) is 2.49. The van der Waals surface area contributed by atoms with Gasteiger partial charge < -0.3 is 10.3 Å². The number of hydrazone groups is 1. The molecule has 0 bridgehead atoms. The van der Waals surface area contributed by atoms with Gasteiger partial charge in [0.1, 0.15) is 11.9 Å². The van der Waals surface area contributed by atoms with Gasteiger partial charge in [0, 0.05) is 7.05 Å². The van der Waals surface area contributed by atoms with E-state index in [2.05, 4.69) is 15.5 Å². The SMILES string of the molecule is Cn1cnc2c1C=NNC2N. The topological polar surface area (TPSA) is 68.2 Å². The predicted molar refractivity (Wildman–Crippen MR) is 40.9 cm³/mol. The number of aryl methyl sites for hydroxylation is 1. The van der Waals surface area contributed by atoms with Crippen molar-refractivity contribution in [3.8, 4) is 0 Å². The highest BCUT2D eigenvalue weighted by Gasteiger charge is 2.16. The molecule has 0 spiro atoms. The van der Waals surface area contributed by atoms with Gasteiger partial charge in [-0.25, -0.2) is 4.98 Å². The number of fused-ring (bicyclic) bond motifs is 1. The van der Waals surface area contributed by atoms with E-state index in [1.807, 2.05) is 11.6 Å². The van der Waals surface area contributed by atoms with Crippen LogP contribution < -0.4 is 11.2 Å². The molecule has 0 amide bonds. The van der Waals surface area contributed by atoms with Crippen molar-refractivity contribution in [3.05, 3.63) is 17.7 Å². The first-order valence-electron chi connectivity index (χ1n) is 3.34. The second kappa shape index (κ2) is 2.06. The number of hydrogen-bond acceptors (Lipinski definition) is 4. The standard InChI is InChI=1S/C6H9N5/c1-11-3-8-5-4(11)2-9-10-6(5)7/h2-3,6,10H,7H2,1H3. The van der Waals surface area contributed by atoms with Crippen molar-refractivity contribution < 1.29 is 0 Å². The number of rotatable bonds is 0. The summed E-state index contributed by atoms with van der Waals surface area (Å²) >= 11 is 0. The number of nitrogens with two attached hydrogens (primary N) is 1. The molecule has 2 rings (SSSR count). The summed E-state index contributed by atoms with van der Waals surface area (Å²) in [7, 11) is 1.91. The Balaban J connectivity index is 2.57. The molecular weight excluding hydrogens is 142 g/mol. The van der Waals surface area contributed by atoms with E-state index in [0.29, 0.717) is 0 Å². The normalized spacial score (nSPS) is 21.1. The summed E-state index contributed by atoms with van der Waals surface area (Å²) in [5.41, 5.74) is 10.2. The molecule has 0 saturated carbocycles. The lowest BCUT2D eigenvalue weighted by Gasteiger charge is -2.13. The molecule has 1 aliphatic heterocycles. The summed E-state index contributed by atoms with van der Waals surface area (Å²) in [5, 5.41) is 3.87. The van der Waals surface area contributed by atoms with Crippen LogP contribution in [0.5, 0.6) is 0 Å². The Labute approximate surface area is 63.9 Å². The Morgan fingerprint density at radius 2 is 2.55 bits per heavy atom. The Hall–Kier alpha value is -1.36. The summed E-state index contributed by atoms with van der Waals surface area (Å²) in [4.78, 5) is 4.12. The van der Waals surface area contributed by atoms with Gasteiger partial charge in [-0.1, -0.05) is 0 Å². The first kappa shape index (κ1) is 6.36. The molecule has 3 N–H and O–H groups in total. The molecule has 5 heteroatoms. The van der Waals surface area contributed by atoms with Crippen molar-refractivity contribution in [2.75, 3.05) is 0 Å². The number of hydrogen-bond donors (Lipinski definition) is 2.